The van der Waals surface area contributed by atoms with E-state index in [1.807, 2.05) is 0 Å². The second kappa shape index (κ2) is 10.7. The smallest absolute Gasteiger partial charge is 0.311 e. The molecule has 3 aromatic carbocycles. The number of nitro groups is 1. The highest BCUT2D eigenvalue weighted by molar-refractivity contribution is 7.92. The van der Waals surface area contributed by atoms with Crippen LogP contribution in [0.1, 0.15) is 11.1 Å². The maximum atomic E-state index is 13.4. The fourth-order valence-corrected chi connectivity index (χ4v) is 4.46. The summed E-state index contributed by atoms with van der Waals surface area (Å²) in [5.74, 6) is -1.29. The number of hydrazone groups is 1. The van der Waals surface area contributed by atoms with Crippen LogP contribution in [0.5, 0.6) is 5.75 Å². The summed E-state index contributed by atoms with van der Waals surface area (Å²) in [4.78, 5) is 23.0. The normalized spacial score (nSPS) is 11.3. The van der Waals surface area contributed by atoms with E-state index >= 15 is 0 Å². The Balaban J connectivity index is 1.82. The van der Waals surface area contributed by atoms with Crippen LogP contribution >= 0.6 is 0 Å². The summed E-state index contributed by atoms with van der Waals surface area (Å²) in [6.07, 6.45) is 1.17. The number of anilines is 1. The minimum Gasteiger partial charge on any atom is -0.490 e. The van der Waals surface area contributed by atoms with Crippen molar-refractivity contribution in [1.29, 1.82) is 0 Å². The lowest BCUT2D eigenvalue weighted by Crippen LogP contribution is -2.39. The number of nitro benzene ring substituents is 1. The number of carbonyl (C=O) groups excluding carboxylic acids is 1. The van der Waals surface area contributed by atoms with Crippen LogP contribution in [-0.4, -0.2) is 39.1 Å². The molecule has 1 amide bonds. The van der Waals surface area contributed by atoms with Gasteiger partial charge in [-0.05, 0) is 55.5 Å². The minimum atomic E-state index is -4.17. The summed E-state index contributed by atoms with van der Waals surface area (Å²) in [5.41, 5.74) is 3.16. The van der Waals surface area contributed by atoms with Gasteiger partial charge in [0.15, 0.2) is 5.75 Å². The Hall–Kier alpha value is -4.32. The van der Waals surface area contributed by atoms with Crippen molar-refractivity contribution in [3.8, 4) is 5.75 Å². The van der Waals surface area contributed by atoms with E-state index in [4.69, 9.17) is 4.74 Å². The predicted molar refractivity (Wildman–Crippen MR) is 127 cm³/mol. The molecule has 1 N–H and O–H groups in total. The molecule has 0 heterocycles. The van der Waals surface area contributed by atoms with Gasteiger partial charge >= 0.3 is 5.69 Å². The molecule has 0 radical (unpaired) electrons. The molecule has 3 rings (SSSR count). The first-order chi connectivity index (χ1) is 16.6. The van der Waals surface area contributed by atoms with Gasteiger partial charge in [0, 0.05) is 11.6 Å². The van der Waals surface area contributed by atoms with E-state index in [0.29, 0.717) is 5.56 Å². The fourth-order valence-electron chi connectivity index (χ4n) is 3.03. The molecule has 0 saturated carbocycles. The number of ether oxygens (including phenoxy) is 1. The van der Waals surface area contributed by atoms with Gasteiger partial charge in [-0.1, -0.05) is 17.7 Å². The Morgan fingerprint density at radius 3 is 2.40 bits per heavy atom. The highest BCUT2D eigenvalue weighted by atomic mass is 32.2. The fraction of sp³-hybridized carbons (Fsp3) is 0.130. The van der Waals surface area contributed by atoms with Gasteiger partial charge in [-0.2, -0.15) is 5.10 Å². The average Bonchev–Trinajstić information content (AvgIpc) is 2.83. The number of hydrogen-bond acceptors (Lipinski definition) is 7. The molecule has 0 aliphatic rings. The van der Waals surface area contributed by atoms with Gasteiger partial charge in [0.25, 0.3) is 15.9 Å². The Kier molecular flexibility index (Phi) is 7.76. The lowest BCUT2D eigenvalue weighted by Gasteiger charge is -2.23. The molecule has 0 spiro atoms. The summed E-state index contributed by atoms with van der Waals surface area (Å²) in [7, 11) is -2.87. The molecule has 10 nitrogen and oxygen atoms in total. The number of halogens is 1. The number of benzene rings is 3. The first-order valence-corrected chi connectivity index (χ1v) is 11.5. The number of aryl methyl sites for hydroxylation is 1. The lowest BCUT2D eigenvalue weighted by atomic mass is 10.2. The Bertz CT molecular complexity index is 1360. The van der Waals surface area contributed by atoms with Gasteiger partial charge in [-0.15, -0.1) is 0 Å². The third kappa shape index (κ3) is 6.18. The second-order valence-corrected chi connectivity index (χ2v) is 9.15. The Morgan fingerprint density at radius 1 is 1.14 bits per heavy atom. The summed E-state index contributed by atoms with van der Waals surface area (Å²) in [5, 5.41) is 14.9. The van der Waals surface area contributed by atoms with Gasteiger partial charge in [0.05, 0.1) is 28.8 Å². The molecule has 0 aliphatic heterocycles. The van der Waals surface area contributed by atoms with Gasteiger partial charge in [-0.25, -0.2) is 18.2 Å². The molecule has 0 aromatic heterocycles. The molecule has 12 heteroatoms. The molecular weight excluding hydrogens is 479 g/mol. The maximum absolute atomic E-state index is 13.4. The van der Waals surface area contributed by atoms with Crippen LogP contribution < -0.4 is 14.5 Å². The quantitative estimate of drug-likeness (QED) is 0.272. The zero-order chi connectivity index (χ0) is 25.6. The molecule has 0 unspecified atom stereocenters. The molecular formula is C23H21FN4O6S. The Labute approximate surface area is 200 Å². The van der Waals surface area contributed by atoms with E-state index in [0.717, 1.165) is 22.0 Å². The zero-order valence-corrected chi connectivity index (χ0v) is 19.5. The number of amides is 1. The second-order valence-electron chi connectivity index (χ2n) is 7.28. The molecule has 0 atom stereocenters. The molecule has 3 aromatic rings. The molecule has 182 valence electrons. The summed E-state index contributed by atoms with van der Waals surface area (Å²) in [6, 6.07) is 14.8. The number of methoxy groups -OCH3 is 1. The molecule has 0 saturated heterocycles. The number of nitrogens with one attached hydrogen (secondary N) is 1. The van der Waals surface area contributed by atoms with Gasteiger partial charge in [0.1, 0.15) is 12.4 Å². The highest BCUT2D eigenvalue weighted by Crippen LogP contribution is 2.27. The predicted octanol–water partition coefficient (Wildman–Crippen LogP) is 3.40. The SMILES string of the molecule is COc1ccc(/C=N\NC(=O)CN(c2ccc(F)cc2)S(=O)(=O)c2ccc(C)cc2)cc1[N+](=O)[O-]. The van der Waals surface area contributed by atoms with Gasteiger partial charge in [-0.3, -0.25) is 19.2 Å². The van der Waals surface area contributed by atoms with Crippen LogP contribution in [0.25, 0.3) is 0 Å². The van der Waals surface area contributed by atoms with Crippen LogP contribution in [0.4, 0.5) is 15.8 Å². The number of rotatable bonds is 9. The van der Waals surface area contributed by atoms with Crippen LogP contribution in [0.15, 0.2) is 76.7 Å². The first kappa shape index (κ1) is 25.3. The van der Waals surface area contributed by atoms with Crippen LogP contribution in [0.3, 0.4) is 0 Å². The van der Waals surface area contributed by atoms with E-state index < -0.39 is 33.2 Å². The average molecular weight is 501 g/mol. The van der Waals surface area contributed by atoms with Crippen LogP contribution in [0.2, 0.25) is 0 Å². The van der Waals surface area contributed by atoms with E-state index in [1.54, 1.807) is 19.1 Å². The number of sulfonamides is 1. The van der Waals surface area contributed by atoms with Crippen molar-refractivity contribution in [1.82, 2.24) is 5.43 Å². The topological polar surface area (TPSA) is 131 Å². The van der Waals surface area contributed by atoms with E-state index in [9.17, 15) is 27.7 Å². The van der Waals surface area contributed by atoms with Crippen molar-refractivity contribution >= 4 is 33.5 Å². The van der Waals surface area contributed by atoms with E-state index in [-0.39, 0.29) is 22.0 Å². The number of carbonyl (C=O) groups is 1. The molecule has 35 heavy (non-hydrogen) atoms. The first-order valence-electron chi connectivity index (χ1n) is 10.1. The van der Waals surface area contributed by atoms with Crippen molar-refractivity contribution < 1.29 is 27.3 Å². The van der Waals surface area contributed by atoms with Crippen molar-refractivity contribution in [2.24, 2.45) is 5.10 Å². The molecule has 0 aliphatic carbocycles. The largest absolute Gasteiger partial charge is 0.490 e. The lowest BCUT2D eigenvalue weighted by molar-refractivity contribution is -0.385. The maximum Gasteiger partial charge on any atom is 0.311 e. The summed E-state index contributed by atoms with van der Waals surface area (Å²) in [6.45, 7) is 1.15. The zero-order valence-electron chi connectivity index (χ0n) is 18.7. The summed E-state index contributed by atoms with van der Waals surface area (Å²) >= 11 is 0. The minimum absolute atomic E-state index is 0.0470. The van der Waals surface area contributed by atoms with E-state index in [2.05, 4.69) is 10.5 Å². The van der Waals surface area contributed by atoms with Crippen molar-refractivity contribution in [3.63, 3.8) is 0 Å². The van der Waals surface area contributed by atoms with Gasteiger partial charge < -0.3 is 4.74 Å². The third-order valence-corrected chi connectivity index (χ3v) is 6.60. The summed E-state index contributed by atoms with van der Waals surface area (Å²) < 4.78 is 45.7. The van der Waals surface area contributed by atoms with Gasteiger partial charge in [0.2, 0.25) is 0 Å². The standard InChI is InChI=1S/C23H21FN4O6S/c1-16-3-10-20(11-4-16)35(32,33)27(19-8-6-18(24)7-9-19)15-23(29)26-25-14-17-5-12-22(34-2)21(13-17)28(30)31/h3-14H,15H2,1-2H3,(H,26,29)/b25-14-. The molecule has 0 fully saturated rings. The number of hydrogen-bond donors (Lipinski definition) is 1. The van der Waals surface area contributed by atoms with Crippen molar-refractivity contribution in [2.75, 3.05) is 18.0 Å². The molecule has 0 bridgehead atoms. The van der Waals surface area contributed by atoms with Crippen LogP contribution in [0, 0.1) is 22.9 Å². The highest BCUT2D eigenvalue weighted by Gasteiger charge is 2.27. The van der Waals surface area contributed by atoms with E-state index in [1.165, 1.54) is 55.8 Å². The third-order valence-electron chi connectivity index (χ3n) is 4.81. The monoisotopic (exact) mass is 500 g/mol. The van der Waals surface area contributed by atoms with Crippen molar-refractivity contribution in [3.05, 3.63) is 93.8 Å². The van der Waals surface area contributed by atoms with Crippen molar-refractivity contribution in [2.45, 2.75) is 11.8 Å². The Morgan fingerprint density at radius 2 is 1.80 bits per heavy atom. The number of nitrogens with zero attached hydrogens (tertiary/aromatic N) is 3. The van der Waals surface area contributed by atoms with Crippen LogP contribution in [-0.2, 0) is 14.8 Å².